The molecular formula is C17H20FN5O3S. The molecule has 0 saturated heterocycles. The SMILES string of the molecule is CS(=O)(=O)N1CCc2c(nn(C(=O)[C@@H]3CCNc4ccc(F)cc43)c2N)C1. The van der Waals surface area contributed by atoms with Gasteiger partial charge in [-0.1, -0.05) is 0 Å². The topological polar surface area (TPSA) is 110 Å². The lowest BCUT2D eigenvalue weighted by Gasteiger charge is -2.25. The maximum atomic E-state index is 13.7. The summed E-state index contributed by atoms with van der Waals surface area (Å²) in [5.74, 6) is -1.07. The first-order valence-electron chi connectivity index (χ1n) is 8.64. The van der Waals surface area contributed by atoms with Crippen molar-refractivity contribution in [1.82, 2.24) is 14.1 Å². The fraction of sp³-hybridized carbons (Fsp3) is 0.412. The van der Waals surface area contributed by atoms with E-state index in [1.807, 2.05) is 0 Å². The van der Waals surface area contributed by atoms with Crippen molar-refractivity contribution in [3.63, 3.8) is 0 Å². The third-order valence-electron chi connectivity index (χ3n) is 5.16. The van der Waals surface area contributed by atoms with Gasteiger partial charge in [-0.15, -0.1) is 0 Å². The molecule has 2 aliphatic heterocycles. The van der Waals surface area contributed by atoms with E-state index < -0.39 is 21.8 Å². The summed E-state index contributed by atoms with van der Waals surface area (Å²) < 4.78 is 39.7. The molecule has 3 heterocycles. The first-order chi connectivity index (χ1) is 12.8. The van der Waals surface area contributed by atoms with Crippen LogP contribution in [0.1, 0.15) is 34.0 Å². The van der Waals surface area contributed by atoms with Crippen LogP contribution in [0.15, 0.2) is 18.2 Å². The lowest BCUT2D eigenvalue weighted by atomic mass is 9.90. The van der Waals surface area contributed by atoms with Crippen molar-refractivity contribution in [3.8, 4) is 0 Å². The molecule has 27 heavy (non-hydrogen) atoms. The summed E-state index contributed by atoms with van der Waals surface area (Å²) in [5.41, 5.74) is 8.66. The van der Waals surface area contributed by atoms with Crippen LogP contribution < -0.4 is 11.1 Å². The molecule has 10 heteroatoms. The quantitative estimate of drug-likeness (QED) is 0.792. The van der Waals surface area contributed by atoms with Gasteiger partial charge in [0.15, 0.2) is 0 Å². The molecule has 0 fully saturated rings. The van der Waals surface area contributed by atoms with Crippen LogP contribution in [0.5, 0.6) is 0 Å². The molecule has 0 aliphatic carbocycles. The van der Waals surface area contributed by atoms with Crippen molar-refractivity contribution in [2.24, 2.45) is 0 Å². The molecule has 0 amide bonds. The highest BCUT2D eigenvalue weighted by Crippen LogP contribution is 2.35. The fourth-order valence-corrected chi connectivity index (χ4v) is 4.52. The number of anilines is 2. The normalized spacial score (nSPS) is 19.9. The molecular weight excluding hydrogens is 373 g/mol. The molecule has 0 unspecified atom stereocenters. The number of benzene rings is 1. The van der Waals surface area contributed by atoms with Gasteiger partial charge in [0, 0.05) is 24.3 Å². The van der Waals surface area contributed by atoms with E-state index in [1.165, 1.54) is 16.4 Å². The standard InChI is InChI=1S/C17H20FN5O3S/c1-27(25,26)22-7-5-12-15(9-22)21-23(16(12)19)17(24)11-4-6-20-14-3-2-10(18)8-13(11)14/h2-3,8,11,20H,4-7,9,19H2,1H3/t11-/m1/s1. The summed E-state index contributed by atoms with van der Waals surface area (Å²) in [7, 11) is -3.35. The molecule has 2 aromatic rings. The predicted molar refractivity (Wildman–Crippen MR) is 98.5 cm³/mol. The number of carbonyl (C=O) groups is 1. The number of sulfonamides is 1. The molecule has 144 valence electrons. The number of fused-ring (bicyclic) bond motifs is 2. The lowest BCUT2D eigenvalue weighted by molar-refractivity contribution is 0.0859. The largest absolute Gasteiger partial charge is 0.385 e. The first kappa shape index (κ1) is 17.9. The Labute approximate surface area is 156 Å². The number of hydrogen-bond donors (Lipinski definition) is 2. The highest BCUT2D eigenvalue weighted by Gasteiger charge is 2.33. The monoisotopic (exact) mass is 393 g/mol. The Morgan fingerprint density at radius 3 is 2.93 bits per heavy atom. The first-order valence-corrected chi connectivity index (χ1v) is 10.5. The van der Waals surface area contributed by atoms with Gasteiger partial charge in [-0.3, -0.25) is 4.79 Å². The van der Waals surface area contributed by atoms with Crippen LogP contribution in [0.25, 0.3) is 0 Å². The zero-order valence-electron chi connectivity index (χ0n) is 14.8. The van der Waals surface area contributed by atoms with Crippen molar-refractivity contribution in [3.05, 3.63) is 40.8 Å². The highest BCUT2D eigenvalue weighted by molar-refractivity contribution is 7.88. The van der Waals surface area contributed by atoms with E-state index in [0.29, 0.717) is 42.8 Å². The number of hydrogen-bond acceptors (Lipinski definition) is 6. The number of nitrogens with two attached hydrogens (primary N) is 1. The van der Waals surface area contributed by atoms with Gasteiger partial charge in [-0.2, -0.15) is 14.1 Å². The smallest absolute Gasteiger partial charge is 0.256 e. The number of rotatable bonds is 2. The average Bonchev–Trinajstić information content (AvgIpc) is 2.96. The Kier molecular flexibility index (Phi) is 4.19. The van der Waals surface area contributed by atoms with Gasteiger partial charge < -0.3 is 11.1 Å². The van der Waals surface area contributed by atoms with Crippen LogP contribution in [-0.2, 0) is 23.0 Å². The molecule has 0 saturated carbocycles. The molecule has 3 N–H and O–H groups in total. The van der Waals surface area contributed by atoms with Crippen LogP contribution in [0.3, 0.4) is 0 Å². The molecule has 2 aliphatic rings. The summed E-state index contributed by atoms with van der Waals surface area (Å²) in [5, 5.41) is 7.47. The highest BCUT2D eigenvalue weighted by atomic mass is 32.2. The summed E-state index contributed by atoms with van der Waals surface area (Å²) in [6, 6.07) is 4.32. The van der Waals surface area contributed by atoms with Crippen molar-refractivity contribution in [1.29, 1.82) is 0 Å². The summed E-state index contributed by atoms with van der Waals surface area (Å²) in [6.07, 6.45) is 2.04. The Morgan fingerprint density at radius 2 is 2.19 bits per heavy atom. The Morgan fingerprint density at radius 1 is 1.41 bits per heavy atom. The zero-order valence-corrected chi connectivity index (χ0v) is 15.6. The van der Waals surface area contributed by atoms with E-state index in [-0.39, 0.29) is 18.3 Å². The van der Waals surface area contributed by atoms with E-state index in [0.717, 1.165) is 16.6 Å². The minimum atomic E-state index is -3.35. The zero-order chi connectivity index (χ0) is 19.3. The van der Waals surface area contributed by atoms with Crippen molar-refractivity contribution < 1.29 is 17.6 Å². The summed E-state index contributed by atoms with van der Waals surface area (Å²) in [6.45, 7) is 0.977. The maximum Gasteiger partial charge on any atom is 0.256 e. The van der Waals surface area contributed by atoms with Gasteiger partial charge in [-0.05, 0) is 36.6 Å². The van der Waals surface area contributed by atoms with Gasteiger partial charge in [0.25, 0.3) is 5.91 Å². The predicted octanol–water partition coefficient (Wildman–Crippen LogP) is 1.16. The van der Waals surface area contributed by atoms with E-state index in [4.69, 9.17) is 5.73 Å². The van der Waals surface area contributed by atoms with Crippen molar-refractivity contribution >= 4 is 27.4 Å². The third-order valence-corrected chi connectivity index (χ3v) is 6.41. The van der Waals surface area contributed by atoms with Crippen LogP contribution >= 0.6 is 0 Å². The Balaban J connectivity index is 1.69. The minimum Gasteiger partial charge on any atom is -0.385 e. The second-order valence-electron chi connectivity index (χ2n) is 6.91. The Hall–Kier alpha value is -2.46. The van der Waals surface area contributed by atoms with Crippen LogP contribution in [0, 0.1) is 5.82 Å². The van der Waals surface area contributed by atoms with Crippen LogP contribution in [0.2, 0.25) is 0 Å². The molecule has 0 spiro atoms. The van der Waals surface area contributed by atoms with E-state index >= 15 is 0 Å². The van der Waals surface area contributed by atoms with Gasteiger partial charge in [0.2, 0.25) is 10.0 Å². The summed E-state index contributed by atoms with van der Waals surface area (Å²) in [4.78, 5) is 13.1. The number of nitrogens with one attached hydrogen (secondary N) is 1. The lowest BCUT2D eigenvalue weighted by Crippen LogP contribution is -2.35. The molecule has 4 rings (SSSR count). The maximum absolute atomic E-state index is 13.7. The second kappa shape index (κ2) is 6.31. The van der Waals surface area contributed by atoms with Crippen molar-refractivity contribution in [2.45, 2.75) is 25.3 Å². The molecule has 0 bridgehead atoms. The molecule has 8 nitrogen and oxygen atoms in total. The number of aromatic nitrogens is 2. The number of nitrogens with zero attached hydrogens (tertiary/aromatic N) is 3. The van der Waals surface area contributed by atoms with Gasteiger partial charge in [-0.25, -0.2) is 12.8 Å². The van der Waals surface area contributed by atoms with Crippen LogP contribution in [0.4, 0.5) is 15.9 Å². The van der Waals surface area contributed by atoms with E-state index in [9.17, 15) is 17.6 Å². The number of carbonyl (C=O) groups excluding carboxylic acids is 1. The number of nitrogen functional groups attached to an aromatic ring is 1. The summed E-state index contributed by atoms with van der Waals surface area (Å²) >= 11 is 0. The van der Waals surface area contributed by atoms with Crippen LogP contribution in [-0.4, -0.2) is 47.8 Å². The van der Waals surface area contributed by atoms with E-state index in [1.54, 1.807) is 6.07 Å². The third kappa shape index (κ3) is 3.08. The average molecular weight is 393 g/mol. The van der Waals surface area contributed by atoms with Gasteiger partial charge in [0.1, 0.15) is 11.6 Å². The molecule has 1 aromatic carbocycles. The van der Waals surface area contributed by atoms with E-state index in [2.05, 4.69) is 10.4 Å². The number of halogens is 1. The van der Waals surface area contributed by atoms with Gasteiger partial charge in [0.05, 0.1) is 24.4 Å². The second-order valence-corrected chi connectivity index (χ2v) is 8.89. The van der Waals surface area contributed by atoms with Gasteiger partial charge >= 0.3 is 0 Å². The fourth-order valence-electron chi connectivity index (χ4n) is 3.74. The van der Waals surface area contributed by atoms with Crippen molar-refractivity contribution in [2.75, 3.05) is 30.4 Å². The molecule has 1 atom stereocenters. The molecule has 0 radical (unpaired) electrons. The Bertz CT molecular complexity index is 1030. The molecule has 1 aromatic heterocycles. The minimum absolute atomic E-state index is 0.0933.